The maximum absolute atomic E-state index is 11.7. The molecule has 1 atom stereocenters. The van der Waals surface area contributed by atoms with E-state index in [2.05, 4.69) is 4.74 Å². The molecule has 8 heteroatoms. The number of hydrogen-bond donors (Lipinski definition) is 0. The molecule has 23 heavy (non-hydrogen) atoms. The SMILES string of the molecule is COC(=O)c1cc([N+](=O)[O-])c(N2CCC3(CCOC3)C2)cc1Cl. The van der Waals surface area contributed by atoms with Crippen molar-refractivity contribution < 1.29 is 19.2 Å². The first kappa shape index (κ1) is 16.0. The summed E-state index contributed by atoms with van der Waals surface area (Å²) in [5, 5.41) is 11.6. The van der Waals surface area contributed by atoms with Crippen LogP contribution in [0, 0.1) is 15.5 Å². The lowest BCUT2D eigenvalue weighted by Gasteiger charge is -2.23. The standard InChI is InChI=1S/C15H17ClN2O5/c1-22-14(19)10-6-13(18(20)21)12(7-11(10)16)17-4-2-15(8-17)3-5-23-9-15/h6-7H,2-5,8-9H2,1H3. The summed E-state index contributed by atoms with van der Waals surface area (Å²) >= 11 is 6.13. The summed E-state index contributed by atoms with van der Waals surface area (Å²) < 4.78 is 10.1. The first-order valence-electron chi connectivity index (χ1n) is 7.35. The van der Waals surface area contributed by atoms with Crippen molar-refractivity contribution >= 4 is 28.9 Å². The van der Waals surface area contributed by atoms with E-state index >= 15 is 0 Å². The number of nitro benzene ring substituents is 1. The molecule has 1 unspecified atom stereocenters. The minimum Gasteiger partial charge on any atom is -0.465 e. The van der Waals surface area contributed by atoms with Crippen molar-refractivity contribution in [1.82, 2.24) is 0 Å². The van der Waals surface area contributed by atoms with Crippen LogP contribution in [0.3, 0.4) is 0 Å². The molecule has 1 spiro atoms. The number of carbonyl (C=O) groups excluding carboxylic acids is 1. The average molecular weight is 341 g/mol. The van der Waals surface area contributed by atoms with Crippen molar-refractivity contribution in [2.24, 2.45) is 5.41 Å². The number of benzene rings is 1. The number of carbonyl (C=O) groups is 1. The molecule has 124 valence electrons. The van der Waals surface area contributed by atoms with Crippen LogP contribution in [0.15, 0.2) is 12.1 Å². The van der Waals surface area contributed by atoms with Crippen LogP contribution in [0.5, 0.6) is 0 Å². The molecule has 1 aromatic carbocycles. The number of halogens is 1. The van der Waals surface area contributed by atoms with Gasteiger partial charge in [-0.3, -0.25) is 10.1 Å². The molecule has 2 saturated heterocycles. The van der Waals surface area contributed by atoms with Gasteiger partial charge in [-0.05, 0) is 18.9 Å². The molecule has 0 bridgehead atoms. The van der Waals surface area contributed by atoms with E-state index in [9.17, 15) is 14.9 Å². The van der Waals surface area contributed by atoms with Crippen LogP contribution >= 0.6 is 11.6 Å². The zero-order valence-corrected chi connectivity index (χ0v) is 13.5. The molecule has 0 N–H and O–H groups in total. The Labute approximate surface area is 138 Å². The molecular formula is C15H17ClN2O5. The Balaban J connectivity index is 1.97. The summed E-state index contributed by atoms with van der Waals surface area (Å²) in [6.45, 7) is 2.82. The van der Waals surface area contributed by atoms with E-state index in [1.807, 2.05) is 4.90 Å². The van der Waals surface area contributed by atoms with E-state index in [4.69, 9.17) is 16.3 Å². The molecule has 0 saturated carbocycles. The van der Waals surface area contributed by atoms with Gasteiger partial charge < -0.3 is 14.4 Å². The van der Waals surface area contributed by atoms with Crippen molar-refractivity contribution in [3.05, 3.63) is 32.8 Å². The Morgan fingerprint density at radius 2 is 2.26 bits per heavy atom. The Kier molecular flexibility index (Phi) is 4.16. The molecule has 2 aliphatic rings. The van der Waals surface area contributed by atoms with E-state index in [-0.39, 0.29) is 21.7 Å². The molecule has 7 nitrogen and oxygen atoms in total. The van der Waals surface area contributed by atoms with Crippen molar-refractivity contribution in [2.75, 3.05) is 38.3 Å². The minimum atomic E-state index is -0.688. The van der Waals surface area contributed by atoms with E-state index in [0.717, 1.165) is 19.4 Å². The average Bonchev–Trinajstić information content (AvgIpc) is 3.16. The fourth-order valence-corrected chi connectivity index (χ4v) is 3.56. The molecule has 2 heterocycles. The molecule has 0 radical (unpaired) electrons. The quantitative estimate of drug-likeness (QED) is 0.478. The highest BCUT2D eigenvalue weighted by Crippen LogP contribution is 2.43. The van der Waals surface area contributed by atoms with Crippen LogP contribution in [0.25, 0.3) is 0 Å². The highest BCUT2D eigenvalue weighted by Gasteiger charge is 2.42. The highest BCUT2D eigenvalue weighted by molar-refractivity contribution is 6.34. The van der Waals surface area contributed by atoms with E-state index < -0.39 is 10.9 Å². The van der Waals surface area contributed by atoms with E-state index in [1.54, 1.807) is 0 Å². The maximum Gasteiger partial charge on any atom is 0.339 e. The molecule has 0 aliphatic carbocycles. The van der Waals surface area contributed by atoms with E-state index in [1.165, 1.54) is 19.2 Å². The fourth-order valence-electron chi connectivity index (χ4n) is 3.33. The van der Waals surface area contributed by atoms with Crippen LogP contribution < -0.4 is 4.90 Å². The van der Waals surface area contributed by atoms with Gasteiger partial charge in [0.2, 0.25) is 0 Å². The lowest BCUT2D eigenvalue weighted by molar-refractivity contribution is -0.384. The second-order valence-electron chi connectivity index (χ2n) is 6.04. The van der Waals surface area contributed by atoms with Crippen LogP contribution in [-0.2, 0) is 9.47 Å². The van der Waals surface area contributed by atoms with E-state index in [0.29, 0.717) is 25.4 Å². The summed E-state index contributed by atoms with van der Waals surface area (Å²) in [4.78, 5) is 24.6. The molecule has 3 rings (SSSR count). The predicted molar refractivity (Wildman–Crippen MR) is 84.1 cm³/mol. The number of nitro groups is 1. The third-order valence-electron chi connectivity index (χ3n) is 4.63. The smallest absolute Gasteiger partial charge is 0.339 e. The van der Waals surface area contributed by atoms with Crippen LogP contribution in [0.4, 0.5) is 11.4 Å². The topological polar surface area (TPSA) is 81.9 Å². The third kappa shape index (κ3) is 2.86. The van der Waals surface area contributed by atoms with Gasteiger partial charge in [0.15, 0.2) is 0 Å². The number of anilines is 1. The number of ether oxygens (including phenoxy) is 2. The van der Waals surface area contributed by atoms with Gasteiger partial charge in [-0.25, -0.2) is 4.79 Å². The van der Waals surface area contributed by atoms with Gasteiger partial charge in [-0.15, -0.1) is 0 Å². The molecule has 0 amide bonds. The number of hydrogen-bond acceptors (Lipinski definition) is 6. The molecule has 2 fully saturated rings. The van der Waals surface area contributed by atoms with Gasteiger partial charge >= 0.3 is 5.97 Å². The van der Waals surface area contributed by atoms with Crippen LogP contribution in [-0.4, -0.2) is 44.3 Å². The summed E-state index contributed by atoms with van der Waals surface area (Å²) in [6.07, 6.45) is 1.89. The van der Waals surface area contributed by atoms with Crippen molar-refractivity contribution in [3.8, 4) is 0 Å². The monoisotopic (exact) mass is 340 g/mol. The first-order valence-corrected chi connectivity index (χ1v) is 7.72. The molecule has 0 aromatic heterocycles. The molecule has 1 aromatic rings. The van der Waals surface area contributed by atoms with Crippen molar-refractivity contribution in [3.63, 3.8) is 0 Å². The number of rotatable bonds is 3. The predicted octanol–water partition coefficient (Wildman–Crippen LogP) is 2.65. The maximum atomic E-state index is 11.7. The minimum absolute atomic E-state index is 0.00252. The van der Waals surface area contributed by atoms with Gasteiger partial charge in [0, 0.05) is 31.2 Å². The highest BCUT2D eigenvalue weighted by atomic mass is 35.5. The number of methoxy groups -OCH3 is 1. The van der Waals surface area contributed by atoms with Crippen LogP contribution in [0.1, 0.15) is 23.2 Å². The van der Waals surface area contributed by atoms with Crippen molar-refractivity contribution in [2.45, 2.75) is 12.8 Å². The summed E-state index contributed by atoms with van der Waals surface area (Å²) in [6, 6.07) is 2.68. The van der Waals surface area contributed by atoms with Crippen LogP contribution in [0.2, 0.25) is 5.02 Å². The lowest BCUT2D eigenvalue weighted by atomic mass is 9.87. The van der Waals surface area contributed by atoms with Gasteiger partial charge in [0.25, 0.3) is 5.69 Å². The normalized spacial score (nSPS) is 23.5. The summed E-state index contributed by atoms with van der Waals surface area (Å²) in [5.74, 6) is -0.688. The van der Waals surface area contributed by atoms with Gasteiger partial charge in [-0.2, -0.15) is 0 Å². The van der Waals surface area contributed by atoms with Crippen molar-refractivity contribution in [1.29, 1.82) is 0 Å². The van der Waals surface area contributed by atoms with Gasteiger partial charge in [0.05, 0.1) is 29.2 Å². The van der Waals surface area contributed by atoms with Gasteiger partial charge in [0.1, 0.15) is 5.69 Å². The largest absolute Gasteiger partial charge is 0.465 e. The van der Waals surface area contributed by atoms with Gasteiger partial charge in [-0.1, -0.05) is 11.6 Å². The Hall–Kier alpha value is -1.86. The zero-order chi connectivity index (χ0) is 16.6. The first-order chi connectivity index (χ1) is 11.0. The Morgan fingerprint density at radius 1 is 1.48 bits per heavy atom. The zero-order valence-electron chi connectivity index (χ0n) is 12.7. The number of nitrogens with zero attached hydrogens (tertiary/aromatic N) is 2. The second-order valence-corrected chi connectivity index (χ2v) is 6.45. The Bertz CT molecular complexity index is 658. The number of esters is 1. The summed E-state index contributed by atoms with van der Waals surface area (Å²) in [7, 11) is 1.21. The lowest BCUT2D eigenvalue weighted by Crippen LogP contribution is -2.28. The Morgan fingerprint density at radius 3 is 2.87 bits per heavy atom. The summed E-state index contributed by atoms with van der Waals surface area (Å²) in [5.41, 5.74) is 0.381. The molecular weight excluding hydrogens is 324 g/mol. The fraction of sp³-hybridized carbons (Fsp3) is 0.533. The second kappa shape index (κ2) is 5.98. The molecule has 2 aliphatic heterocycles. The third-order valence-corrected chi connectivity index (χ3v) is 4.94.